The predicted octanol–water partition coefficient (Wildman–Crippen LogP) is 2.54. The lowest BCUT2D eigenvalue weighted by Crippen LogP contribution is -2.51. The van der Waals surface area contributed by atoms with Crippen molar-refractivity contribution < 1.29 is 13.9 Å². The van der Waals surface area contributed by atoms with Crippen molar-refractivity contribution in [3.63, 3.8) is 0 Å². The summed E-state index contributed by atoms with van der Waals surface area (Å²) in [5.41, 5.74) is 1.00. The first kappa shape index (κ1) is 16.8. The molecule has 0 radical (unpaired) electrons. The minimum absolute atomic E-state index is 0.0378. The molecule has 3 heterocycles. The van der Waals surface area contributed by atoms with Crippen molar-refractivity contribution in [1.29, 1.82) is 0 Å². The van der Waals surface area contributed by atoms with Gasteiger partial charge in [-0.15, -0.1) is 0 Å². The molecule has 136 valence electrons. The summed E-state index contributed by atoms with van der Waals surface area (Å²) >= 11 is 0. The molecular formula is C19H26FN3O2. The van der Waals surface area contributed by atoms with Crippen molar-refractivity contribution in [1.82, 2.24) is 15.1 Å². The van der Waals surface area contributed by atoms with Crippen LogP contribution >= 0.6 is 0 Å². The Kier molecular flexibility index (Phi) is 4.90. The van der Waals surface area contributed by atoms with E-state index < -0.39 is 0 Å². The minimum Gasteiger partial charge on any atom is -0.373 e. The molecule has 0 saturated carbocycles. The average molecular weight is 347 g/mol. The fourth-order valence-corrected chi connectivity index (χ4v) is 4.35. The van der Waals surface area contributed by atoms with Gasteiger partial charge in [-0.25, -0.2) is 9.18 Å². The molecule has 0 spiro atoms. The molecule has 1 N–H and O–H groups in total. The third-order valence-corrected chi connectivity index (χ3v) is 5.71. The maximum Gasteiger partial charge on any atom is 0.318 e. The van der Waals surface area contributed by atoms with E-state index in [0.29, 0.717) is 12.6 Å². The lowest BCUT2D eigenvalue weighted by molar-refractivity contribution is -0.0461. The van der Waals surface area contributed by atoms with Crippen LogP contribution in [-0.2, 0) is 4.74 Å². The number of urea groups is 1. The summed E-state index contributed by atoms with van der Waals surface area (Å²) in [5.74, 6) is -0.243. The molecule has 4 rings (SSSR count). The van der Waals surface area contributed by atoms with Gasteiger partial charge in [-0.05, 0) is 49.9 Å². The normalized spacial score (nSPS) is 29.6. The van der Waals surface area contributed by atoms with Gasteiger partial charge in [0.1, 0.15) is 5.82 Å². The number of halogens is 1. The molecule has 1 aromatic rings. The number of nitrogens with zero attached hydrogens (tertiary/aromatic N) is 2. The predicted molar refractivity (Wildman–Crippen MR) is 92.8 cm³/mol. The van der Waals surface area contributed by atoms with Crippen LogP contribution in [0.2, 0.25) is 0 Å². The molecule has 0 aromatic heterocycles. The average Bonchev–Trinajstić information content (AvgIpc) is 3.29. The summed E-state index contributed by atoms with van der Waals surface area (Å²) in [6.07, 6.45) is 4.45. The first-order valence-electron chi connectivity index (χ1n) is 9.36. The van der Waals surface area contributed by atoms with Gasteiger partial charge in [-0.2, -0.15) is 0 Å². The Labute approximate surface area is 148 Å². The van der Waals surface area contributed by atoms with Crippen molar-refractivity contribution in [3.8, 4) is 0 Å². The molecule has 1 aromatic carbocycles. The van der Waals surface area contributed by atoms with Crippen LogP contribution in [0.4, 0.5) is 9.18 Å². The molecule has 2 amide bonds. The Balaban J connectivity index is 1.32. The molecule has 0 aliphatic carbocycles. The van der Waals surface area contributed by atoms with Gasteiger partial charge < -0.3 is 15.0 Å². The van der Waals surface area contributed by atoms with Crippen LogP contribution in [0, 0.1) is 5.82 Å². The van der Waals surface area contributed by atoms with E-state index in [2.05, 4.69) is 10.2 Å². The second-order valence-electron chi connectivity index (χ2n) is 7.34. The van der Waals surface area contributed by atoms with Gasteiger partial charge in [0.05, 0.1) is 18.8 Å². The molecule has 3 saturated heterocycles. The molecule has 5 nitrogen and oxygen atoms in total. The number of fused-ring (bicyclic) bond motifs is 1. The van der Waals surface area contributed by atoms with E-state index in [1.54, 1.807) is 12.1 Å². The number of hydrogen-bond donors (Lipinski definition) is 1. The van der Waals surface area contributed by atoms with Crippen molar-refractivity contribution in [2.45, 2.75) is 43.9 Å². The van der Waals surface area contributed by atoms with E-state index in [1.807, 2.05) is 4.90 Å². The lowest BCUT2D eigenvalue weighted by Gasteiger charge is -2.35. The maximum atomic E-state index is 13.1. The SMILES string of the molecule is O=C(NCC1CN2CCCC2CO1)N1CCCC1c1ccc(F)cc1. The summed E-state index contributed by atoms with van der Waals surface area (Å²) in [4.78, 5) is 17.0. The highest BCUT2D eigenvalue weighted by molar-refractivity contribution is 5.75. The Hall–Kier alpha value is -1.66. The molecule has 3 aliphatic rings. The largest absolute Gasteiger partial charge is 0.373 e. The summed E-state index contributed by atoms with van der Waals surface area (Å²) in [6, 6.07) is 7.06. The molecular weight excluding hydrogens is 321 g/mol. The van der Waals surface area contributed by atoms with Gasteiger partial charge in [-0.3, -0.25) is 4.90 Å². The fraction of sp³-hybridized carbons (Fsp3) is 0.632. The zero-order chi connectivity index (χ0) is 17.2. The van der Waals surface area contributed by atoms with Crippen molar-refractivity contribution in [3.05, 3.63) is 35.6 Å². The monoisotopic (exact) mass is 347 g/mol. The number of likely N-dealkylation sites (tertiary alicyclic amines) is 1. The number of amides is 2. The van der Waals surface area contributed by atoms with Crippen LogP contribution in [0.5, 0.6) is 0 Å². The highest BCUT2D eigenvalue weighted by atomic mass is 19.1. The van der Waals surface area contributed by atoms with Gasteiger partial charge in [0, 0.05) is 25.7 Å². The lowest BCUT2D eigenvalue weighted by atomic mass is 10.0. The third-order valence-electron chi connectivity index (χ3n) is 5.71. The molecule has 25 heavy (non-hydrogen) atoms. The first-order valence-corrected chi connectivity index (χ1v) is 9.36. The van der Waals surface area contributed by atoms with E-state index in [4.69, 9.17) is 4.74 Å². The zero-order valence-electron chi connectivity index (χ0n) is 14.5. The number of carbonyl (C=O) groups excluding carboxylic acids is 1. The van der Waals surface area contributed by atoms with Gasteiger partial charge in [0.2, 0.25) is 0 Å². The number of ether oxygens (including phenoxy) is 1. The van der Waals surface area contributed by atoms with Crippen molar-refractivity contribution in [2.75, 3.05) is 32.8 Å². The Bertz CT molecular complexity index is 609. The Morgan fingerprint density at radius 1 is 1.20 bits per heavy atom. The first-order chi connectivity index (χ1) is 12.2. The van der Waals surface area contributed by atoms with Crippen molar-refractivity contribution >= 4 is 6.03 Å². The number of hydrogen-bond acceptors (Lipinski definition) is 3. The topological polar surface area (TPSA) is 44.8 Å². The van der Waals surface area contributed by atoms with Crippen LogP contribution < -0.4 is 5.32 Å². The van der Waals surface area contributed by atoms with Crippen LogP contribution in [0.3, 0.4) is 0 Å². The third kappa shape index (κ3) is 3.65. The standard InChI is InChI=1S/C19H26FN3O2/c20-15-7-5-14(6-8-15)18-4-2-10-23(18)19(24)21-11-17-12-22-9-1-3-16(22)13-25-17/h5-8,16-18H,1-4,9-13H2,(H,21,24). The van der Waals surface area contributed by atoms with Gasteiger partial charge in [0.15, 0.2) is 0 Å². The second kappa shape index (κ2) is 7.30. The molecule has 0 bridgehead atoms. The Morgan fingerprint density at radius 2 is 2.00 bits per heavy atom. The smallest absolute Gasteiger partial charge is 0.318 e. The van der Waals surface area contributed by atoms with Gasteiger partial charge in [-0.1, -0.05) is 12.1 Å². The van der Waals surface area contributed by atoms with Crippen LogP contribution in [0.25, 0.3) is 0 Å². The number of carbonyl (C=O) groups is 1. The van der Waals surface area contributed by atoms with E-state index in [1.165, 1.54) is 25.0 Å². The van der Waals surface area contributed by atoms with Crippen LogP contribution in [0.1, 0.15) is 37.3 Å². The molecule has 3 fully saturated rings. The molecule has 3 aliphatic heterocycles. The molecule has 3 unspecified atom stereocenters. The summed E-state index contributed by atoms with van der Waals surface area (Å²) in [5, 5.41) is 3.05. The van der Waals surface area contributed by atoms with Gasteiger partial charge in [0.25, 0.3) is 0 Å². The number of morpholine rings is 1. The van der Waals surface area contributed by atoms with E-state index in [9.17, 15) is 9.18 Å². The second-order valence-corrected chi connectivity index (χ2v) is 7.34. The van der Waals surface area contributed by atoms with E-state index in [0.717, 1.165) is 44.6 Å². The quantitative estimate of drug-likeness (QED) is 0.914. The van der Waals surface area contributed by atoms with Gasteiger partial charge >= 0.3 is 6.03 Å². The van der Waals surface area contributed by atoms with E-state index >= 15 is 0 Å². The number of rotatable bonds is 3. The molecule has 6 heteroatoms. The van der Waals surface area contributed by atoms with E-state index in [-0.39, 0.29) is 24.0 Å². The Morgan fingerprint density at radius 3 is 2.84 bits per heavy atom. The highest BCUT2D eigenvalue weighted by Crippen LogP contribution is 2.32. The number of nitrogens with one attached hydrogen (secondary N) is 1. The summed E-state index contributed by atoms with van der Waals surface area (Å²) in [6.45, 7) is 4.13. The number of benzene rings is 1. The fourth-order valence-electron chi connectivity index (χ4n) is 4.35. The highest BCUT2D eigenvalue weighted by Gasteiger charge is 2.34. The maximum absolute atomic E-state index is 13.1. The zero-order valence-corrected chi connectivity index (χ0v) is 14.5. The molecule has 3 atom stereocenters. The summed E-state index contributed by atoms with van der Waals surface area (Å²) in [7, 11) is 0. The van der Waals surface area contributed by atoms with Crippen LogP contribution in [0.15, 0.2) is 24.3 Å². The van der Waals surface area contributed by atoms with Crippen molar-refractivity contribution in [2.24, 2.45) is 0 Å². The van der Waals surface area contributed by atoms with Crippen LogP contribution in [-0.4, -0.2) is 60.8 Å². The minimum atomic E-state index is -0.243. The summed E-state index contributed by atoms with van der Waals surface area (Å²) < 4.78 is 19.1.